The van der Waals surface area contributed by atoms with Gasteiger partial charge in [-0.2, -0.15) is 0 Å². The second kappa shape index (κ2) is 6.24. The fourth-order valence-corrected chi connectivity index (χ4v) is 3.42. The number of nitrogens with zero attached hydrogens (tertiary/aromatic N) is 1. The Balaban J connectivity index is 1.83. The summed E-state index contributed by atoms with van der Waals surface area (Å²) in [6, 6.07) is 13.5. The zero-order chi connectivity index (χ0) is 15.6. The summed E-state index contributed by atoms with van der Waals surface area (Å²) in [5, 5.41) is 0. The molecule has 1 aliphatic carbocycles. The van der Waals surface area contributed by atoms with Crippen LogP contribution in [0.15, 0.2) is 42.6 Å². The van der Waals surface area contributed by atoms with Crippen molar-refractivity contribution in [3.63, 3.8) is 0 Å². The summed E-state index contributed by atoms with van der Waals surface area (Å²) in [5.41, 5.74) is 5.33. The lowest BCUT2D eigenvalue weighted by Crippen LogP contribution is -2.11. The SMILES string of the molecule is CC(C)(C)c1ccnc(-c2ccc(C3CCCCC3)cc2)c1. The summed E-state index contributed by atoms with van der Waals surface area (Å²) >= 11 is 0. The molecule has 0 unspecified atom stereocenters. The molecule has 1 aliphatic rings. The molecular formula is C21H27N. The van der Waals surface area contributed by atoms with Gasteiger partial charge in [0, 0.05) is 11.8 Å². The van der Waals surface area contributed by atoms with Gasteiger partial charge in [0.05, 0.1) is 5.69 Å². The van der Waals surface area contributed by atoms with E-state index in [1.54, 1.807) is 0 Å². The van der Waals surface area contributed by atoms with Crippen LogP contribution in [0.5, 0.6) is 0 Å². The van der Waals surface area contributed by atoms with E-state index in [-0.39, 0.29) is 5.41 Å². The molecule has 1 heteroatoms. The molecule has 1 heterocycles. The van der Waals surface area contributed by atoms with Crippen molar-refractivity contribution >= 4 is 0 Å². The average molecular weight is 293 g/mol. The maximum absolute atomic E-state index is 4.57. The molecule has 1 aromatic heterocycles. The number of hydrogen-bond donors (Lipinski definition) is 0. The molecule has 3 rings (SSSR count). The van der Waals surface area contributed by atoms with E-state index in [9.17, 15) is 0 Å². The lowest BCUT2D eigenvalue weighted by molar-refractivity contribution is 0.443. The van der Waals surface area contributed by atoms with E-state index in [0.717, 1.165) is 11.6 Å². The van der Waals surface area contributed by atoms with Crippen LogP contribution in [0.2, 0.25) is 0 Å². The highest BCUT2D eigenvalue weighted by Gasteiger charge is 2.16. The molecule has 0 bridgehead atoms. The van der Waals surface area contributed by atoms with Gasteiger partial charge in [-0.05, 0) is 47.4 Å². The molecule has 1 fully saturated rings. The van der Waals surface area contributed by atoms with E-state index >= 15 is 0 Å². The highest BCUT2D eigenvalue weighted by atomic mass is 14.7. The summed E-state index contributed by atoms with van der Waals surface area (Å²) < 4.78 is 0. The Bertz CT molecular complexity index is 613. The van der Waals surface area contributed by atoms with Crippen molar-refractivity contribution in [1.29, 1.82) is 0 Å². The third-order valence-corrected chi connectivity index (χ3v) is 4.91. The van der Waals surface area contributed by atoms with Gasteiger partial charge in [-0.3, -0.25) is 4.98 Å². The normalized spacial score (nSPS) is 16.7. The van der Waals surface area contributed by atoms with E-state index in [0.29, 0.717) is 0 Å². The number of rotatable bonds is 2. The topological polar surface area (TPSA) is 12.9 Å². The molecule has 0 radical (unpaired) electrons. The summed E-state index contributed by atoms with van der Waals surface area (Å²) in [6.45, 7) is 6.74. The lowest BCUT2D eigenvalue weighted by Gasteiger charge is -2.22. The van der Waals surface area contributed by atoms with Gasteiger partial charge in [-0.25, -0.2) is 0 Å². The molecule has 0 spiro atoms. The minimum absolute atomic E-state index is 0.166. The summed E-state index contributed by atoms with van der Waals surface area (Å²) in [5.74, 6) is 0.775. The van der Waals surface area contributed by atoms with E-state index in [2.05, 4.69) is 62.2 Å². The van der Waals surface area contributed by atoms with Crippen LogP contribution < -0.4 is 0 Å². The van der Waals surface area contributed by atoms with Crippen molar-refractivity contribution in [3.8, 4) is 11.3 Å². The van der Waals surface area contributed by atoms with Crippen molar-refractivity contribution in [2.75, 3.05) is 0 Å². The molecule has 0 atom stereocenters. The monoisotopic (exact) mass is 293 g/mol. The first kappa shape index (κ1) is 15.3. The number of pyridine rings is 1. The van der Waals surface area contributed by atoms with Gasteiger partial charge in [0.1, 0.15) is 0 Å². The van der Waals surface area contributed by atoms with Crippen LogP contribution in [0.3, 0.4) is 0 Å². The van der Waals surface area contributed by atoms with Crippen LogP contribution >= 0.6 is 0 Å². The van der Waals surface area contributed by atoms with Gasteiger partial charge in [-0.1, -0.05) is 64.3 Å². The summed E-state index contributed by atoms with van der Waals surface area (Å²) in [4.78, 5) is 4.57. The van der Waals surface area contributed by atoms with Crippen LogP contribution in [0.25, 0.3) is 11.3 Å². The second-order valence-corrected chi connectivity index (χ2v) is 7.64. The zero-order valence-electron chi connectivity index (χ0n) is 14.1. The van der Waals surface area contributed by atoms with Gasteiger partial charge < -0.3 is 0 Å². The Labute approximate surface area is 134 Å². The molecule has 0 amide bonds. The smallest absolute Gasteiger partial charge is 0.0704 e. The van der Waals surface area contributed by atoms with Crippen molar-refractivity contribution in [3.05, 3.63) is 53.7 Å². The van der Waals surface area contributed by atoms with Crippen LogP contribution in [0.1, 0.15) is 69.9 Å². The minimum atomic E-state index is 0.166. The largest absolute Gasteiger partial charge is 0.256 e. The Hall–Kier alpha value is -1.63. The third kappa shape index (κ3) is 3.40. The first-order valence-corrected chi connectivity index (χ1v) is 8.61. The molecule has 1 nitrogen and oxygen atoms in total. The van der Waals surface area contributed by atoms with E-state index in [1.807, 2.05) is 6.20 Å². The third-order valence-electron chi connectivity index (χ3n) is 4.91. The molecule has 116 valence electrons. The Morgan fingerprint density at radius 1 is 0.909 bits per heavy atom. The highest BCUT2D eigenvalue weighted by Crippen LogP contribution is 2.33. The van der Waals surface area contributed by atoms with Crippen molar-refractivity contribution in [1.82, 2.24) is 4.98 Å². The highest BCUT2D eigenvalue weighted by molar-refractivity contribution is 5.60. The van der Waals surface area contributed by atoms with Crippen molar-refractivity contribution < 1.29 is 0 Å². The molecule has 0 saturated heterocycles. The van der Waals surface area contributed by atoms with Crippen LogP contribution in [-0.2, 0) is 5.41 Å². The number of hydrogen-bond acceptors (Lipinski definition) is 1. The predicted octanol–water partition coefficient (Wildman–Crippen LogP) is 6.09. The standard InChI is InChI=1S/C21H27N/c1-21(2,3)19-13-14-22-20(15-19)18-11-9-17(10-12-18)16-7-5-4-6-8-16/h9-16H,4-8H2,1-3H3. The Kier molecular flexibility index (Phi) is 4.33. The van der Waals surface area contributed by atoms with Gasteiger partial charge in [0.15, 0.2) is 0 Å². The molecule has 1 saturated carbocycles. The molecule has 1 aromatic carbocycles. The Morgan fingerprint density at radius 3 is 2.23 bits per heavy atom. The van der Waals surface area contributed by atoms with E-state index in [4.69, 9.17) is 0 Å². The molecular weight excluding hydrogens is 266 g/mol. The predicted molar refractivity (Wildman–Crippen MR) is 94.2 cm³/mol. The second-order valence-electron chi connectivity index (χ2n) is 7.64. The molecule has 0 aliphatic heterocycles. The van der Waals surface area contributed by atoms with Crippen LogP contribution in [-0.4, -0.2) is 4.98 Å². The first-order valence-electron chi connectivity index (χ1n) is 8.61. The van der Waals surface area contributed by atoms with Gasteiger partial charge in [0.2, 0.25) is 0 Å². The fraction of sp³-hybridized carbons (Fsp3) is 0.476. The van der Waals surface area contributed by atoms with E-state index in [1.165, 1.54) is 48.8 Å². The molecule has 2 aromatic rings. The van der Waals surface area contributed by atoms with Gasteiger partial charge in [0.25, 0.3) is 0 Å². The van der Waals surface area contributed by atoms with Gasteiger partial charge >= 0.3 is 0 Å². The maximum atomic E-state index is 4.57. The average Bonchev–Trinajstić information content (AvgIpc) is 2.55. The lowest BCUT2D eigenvalue weighted by atomic mass is 9.83. The molecule has 22 heavy (non-hydrogen) atoms. The quantitative estimate of drug-likeness (QED) is 0.652. The maximum Gasteiger partial charge on any atom is 0.0704 e. The zero-order valence-corrected chi connectivity index (χ0v) is 14.1. The molecule has 0 N–H and O–H groups in total. The first-order chi connectivity index (χ1) is 10.5. The summed E-state index contributed by atoms with van der Waals surface area (Å²) in [6.07, 6.45) is 8.85. The number of benzene rings is 1. The number of aromatic nitrogens is 1. The van der Waals surface area contributed by atoms with Crippen molar-refractivity contribution in [2.45, 2.75) is 64.2 Å². The van der Waals surface area contributed by atoms with E-state index < -0.39 is 0 Å². The van der Waals surface area contributed by atoms with Crippen LogP contribution in [0.4, 0.5) is 0 Å². The fourth-order valence-electron chi connectivity index (χ4n) is 3.42. The minimum Gasteiger partial charge on any atom is -0.256 e. The van der Waals surface area contributed by atoms with Crippen LogP contribution in [0, 0.1) is 0 Å². The van der Waals surface area contributed by atoms with Crippen molar-refractivity contribution in [2.24, 2.45) is 0 Å². The Morgan fingerprint density at radius 2 is 1.59 bits per heavy atom. The summed E-state index contributed by atoms with van der Waals surface area (Å²) in [7, 11) is 0. The van der Waals surface area contributed by atoms with Gasteiger partial charge in [-0.15, -0.1) is 0 Å².